The minimum atomic E-state index is 0.510. The van der Waals surface area contributed by atoms with Crippen LogP contribution in [0.3, 0.4) is 0 Å². The van der Waals surface area contributed by atoms with Crippen LogP contribution in [0.4, 0.5) is 0 Å². The predicted molar refractivity (Wildman–Crippen MR) is 56.3 cm³/mol. The quantitative estimate of drug-likeness (QED) is 0.623. The van der Waals surface area contributed by atoms with E-state index in [0.29, 0.717) is 5.41 Å². The van der Waals surface area contributed by atoms with Crippen LogP contribution >= 0.6 is 15.9 Å². The summed E-state index contributed by atoms with van der Waals surface area (Å²) < 4.78 is 0. The third-order valence-corrected chi connectivity index (χ3v) is 3.01. The van der Waals surface area contributed by atoms with Crippen LogP contribution < -0.4 is 0 Å². The highest BCUT2D eigenvalue weighted by atomic mass is 79.9. The Hall–Kier alpha value is 0.480. The molecule has 0 heterocycles. The standard InChI is InChI=1S/C10H21Br/c1-5-9(8-11)6-7-10(2,3)4/h9H,5-8H2,1-4H3. The van der Waals surface area contributed by atoms with Crippen molar-refractivity contribution in [3.8, 4) is 0 Å². The van der Waals surface area contributed by atoms with Crippen molar-refractivity contribution in [1.82, 2.24) is 0 Å². The molecule has 0 aromatic heterocycles. The van der Waals surface area contributed by atoms with Gasteiger partial charge in [0.05, 0.1) is 0 Å². The van der Waals surface area contributed by atoms with Crippen molar-refractivity contribution in [2.24, 2.45) is 11.3 Å². The lowest BCUT2D eigenvalue weighted by atomic mass is 9.86. The lowest BCUT2D eigenvalue weighted by Gasteiger charge is -2.20. The van der Waals surface area contributed by atoms with Crippen LogP contribution in [0.1, 0.15) is 47.0 Å². The highest BCUT2D eigenvalue weighted by molar-refractivity contribution is 9.09. The van der Waals surface area contributed by atoms with E-state index in [2.05, 4.69) is 43.6 Å². The summed E-state index contributed by atoms with van der Waals surface area (Å²) >= 11 is 3.54. The first-order chi connectivity index (χ1) is 4.99. The number of hydrogen-bond acceptors (Lipinski definition) is 0. The summed E-state index contributed by atoms with van der Waals surface area (Å²) in [5.41, 5.74) is 0.510. The summed E-state index contributed by atoms with van der Waals surface area (Å²) in [5, 5.41) is 1.17. The van der Waals surface area contributed by atoms with Gasteiger partial charge in [0, 0.05) is 5.33 Å². The van der Waals surface area contributed by atoms with Gasteiger partial charge < -0.3 is 0 Å². The summed E-state index contributed by atoms with van der Waals surface area (Å²) in [5.74, 6) is 0.884. The molecule has 0 aromatic rings. The van der Waals surface area contributed by atoms with Gasteiger partial charge in [0.15, 0.2) is 0 Å². The molecule has 1 heteroatoms. The molecule has 68 valence electrons. The van der Waals surface area contributed by atoms with Crippen molar-refractivity contribution in [2.75, 3.05) is 5.33 Å². The Kier molecular flexibility index (Phi) is 5.41. The van der Waals surface area contributed by atoms with Gasteiger partial charge in [-0.1, -0.05) is 50.0 Å². The Morgan fingerprint density at radius 3 is 2.09 bits per heavy atom. The van der Waals surface area contributed by atoms with Gasteiger partial charge in [0.2, 0.25) is 0 Å². The third kappa shape index (κ3) is 6.86. The molecular weight excluding hydrogens is 200 g/mol. The monoisotopic (exact) mass is 220 g/mol. The molecule has 0 fully saturated rings. The second kappa shape index (κ2) is 5.18. The van der Waals surface area contributed by atoms with E-state index in [0.717, 1.165) is 5.92 Å². The van der Waals surface area contributed by atoms with Gasteiger partial charge in [-0.25, -0.2) is 0 Å². The molecule has 0 nitrogen and oxygen atoms in total. The Labute approximate surface area is 79.9 Å². The maximum Gasteiger partial charge on any atom is 0.00595 e. The number of hydrogen-bond donors (Lipinski definition) is 0. The maximum atomic E-state index is 3.54. The van der Waals surface area contributed by atoms with Gasteiger partial charge in [-0.2, -0.15) is 0 Å². The minimum absolute atomic E-state index is 0.510. The Bertz CT molecular complexity index is 87.5. The van der Waals surface area contributed by atoms with Crippen LogP contribution in [0.25, 0.3) is 0 Å². The normalized spacial score (nSPS) is 15.0. The Balaban J connectivity index is 3.51. The van der Waals surface area contributed by atoms with Crippen LogP contribution in [0, 0.1) is 11.3 Å². The molecule has 0 aliphatic rings. The topological polar surface area (TPSA) is 0 Å². The molecule has 0 N–H and O–H groups in total. The lowest BCUT2D eigenvalue weighted by molar-refractivity contribution is 0.330. The predicted octanol–water partition coefficient (Wildman–Crippen LogP) is 4.23. The van der Waals surface area contributed by atoms with E-state index < -0.39 is 0 Å². The summed E-state index contributed by atoms with van der Waals surface area (Å²) in [6, 6.07) is 0. The third-order valence-electron chi connectivity index (χ3n) is 2.10. The van der Waals surface area contributed by atoms with Crippen molar-refractivity contribution in [3.63, 3.8) is 0 Å². The fourth-order valence-electron chi connectivity index (χ4n) is 1.03. The zero-order chi connectivity index (χ0) is 8.91. The molecule has 1 unspecified atom stereocenters. The Morgan fingerprint density at radius 1 is 1.27 bits per heavy atom. The second-order valence-electron chi connectivity index (χ2n) is 4.53. The summed E-state index contributed by atoms with van der Waals surface area (Å²) in [4.78, 5) is 0. The van der Waals surface area contributed by atoms with Crippen LogP contribution in [0.15, 0.2) is 0 Å². The van der Waals surface area contributed by atoms with E-state index in [4.69, 9.17) is 0 Å². The maximum absolute atomic E-state index is 3.54. The lowest BCUT2D eigenvalue weighted by Crippen LogP contribution is -2.09. The van der Waals surface area contributed by atoms with Crippen LogP contribution in [-0.2, 0) is 0 Å². The molecule has 0 saturated heterocycles. The van der Waals surface area contributed by atoms with Crippen molar-refractivity contribution < 1.29 is 0 Å². The zero-order valence-corrected chi connectivity index (χ0v) is 9.87. The van der Waals surface area contributed by atoms with Gasteiger partial charge in [0.1, 0.15) is 0 Å². The second-order valence-corrected chi connectivity index (χ2v) is 5.18. The molecule has 0 radical (unpaired) electrons. The highest BCUT2D eigenvalue weighted by Crippen LogP contribution is 2.25. The van der Waals surface area contributed by atoms with E-state index in [1.165, 1.54) is 24.6 Å². The van der Waals surface area contributed by atoms with Crippen molar-refractivity contribution >= 4 is 15.9 Å². The van der Waals surface area contributed by atoms with E-state index in [1.807, 2.05) is 0 Å². The summed E-state index contributed by atoms with van der Waals surface area (Å²) in [6.45, 7) is 9.21. The number of rotatable bonds is 4. The fourth-order valence-corrected chi connectivity index (χ4v) is 1.81. The highest BCUT2D eigenvalue weighted by Gasteiger charge is 2.12. The molecule has 1 atom stereocenters. The van der Waals surface area contributed by atoms with Gasteiger partial charge in [-0.05, 0) is 24.2 Å². The first-order valence-electron chi connectivity index (χ1n) is 4.55. The van der Waals surface area contributed by atoms with E-state index in [9.17, 15) is 0 Å². The molecule has 0 aliphatic heterocycles. The molecule has 0 rings (SSSR count). The zero-order valence-electron chi connectivity index (χ0n) is 8.28. The number of halogens is 1. The first-order valence-corrected chi connectivity index (χ1v) is 5.67. The van der Waals surface area contributed by atoms with Crippen LogP contribution in [-0.4, -0.2) is 5.33 Å². The molecule has 0 saturated carbocycles. The first kappa shape index (κ1) is 11.5. The van der Waals surface area contributed by atoms with Crippen LogP contribution in [0.5, 0.6) is 0 Å². The average Bonchev–Trinajstić information content (AvgIpc) is 1.88. The molecule has 0 spiro atoms. The van der Waals surface area contributed by atoms with Gasteiger partial charge in [0.25, 0.3) is 0 Å². The summed E-state index contributed by atoms with van der Waals surface area (Å²) in [7, 11) is 0. The molecule has 0 aliphatic carbocycles. The van der Waals surface area contributed by atoms with Crippen molar-refractivity contribution in [2.45, 2.75) is 47.0 Å². The minimum Gasteiger partial charge on any atom is -0.0925 e. The molecule has 11 heavy (non-hydrogen) atoms. The van der Waals surface area contributed by atoms with Crippen molar-refractivity contribution in [3.05, 3.63) is 0 Å². The molecule has 0 amide bonds. The van der Waals surface area contributed by atoms with Gasteiger partial charge in [-0.15, -0.1) is 0 Å². The molecular formula is C10H21Br. The Morgan fingerprint density at radius 2 is 1.82 bits per heavy atom. The average molecular weight is 221 g/mol. The molecule has 0 bridgehead atoms. The molecule has 0 aromatic carbocycles. The van der Waals surface area contributed by atoms with Crippen molar-refractivity contribution in [1.29, 1.82) is 0 Å². The van der Waals surface area contributed by atoms with Gasteiger partial charge >= 0.3 is 0 Å². The smallest absolute Gasteiger partial charge is 0.00595 e. The summed E-state index contributed by atoms with van der Waals surface area (Å²) in [6.07, 6.45) is 4.02. The van der Waals surface area contributed by atoms with Gasteiger partial charge in [-0.3, -0.25) is 0 Å². The van der Waals surface area contributed by atoms with E-state index in [-0.39, 0.29) is 0 Å². The van der Waals surface area contributed by atoms with E-state index >= 15 is 0 Å². The largest absolute Gasteiger partial charge is 0.0925 e. The number of alkyl halides is 1. The van der Waals surface area contributed by atoms with E-state index in [1.54, 1.807) is 0 Å². The fraction of sp³-hybridized carbons (Fsp3) is 1.00. The van der Waals surface area contributed by atoms with Crippen LogP contribution in [0.2, 0.25) is 0 Å². The SMILES string of the molecule is CCC(CBr)CCC(C)(C)C.